The van der Waals surface area contributed by atoms with E-state index >= 15 is 0 Å². The Morgan fingerprint density at radius 3 is 2.08 bits per heavy atom. The van der Waals surface area contributed by atoms with Crippen LogP contribution in [0.3, 0.4) is 0 Å². The van der Waals surface area contributed by atoms with E-state index in [0.29, 0.717) is 0 Å². The molecule has 0 amide bonds. The molecule has 1 aliphatic rings. The third kappa shape index (κ3) is 4.07. The molecule has 0 aromatic heterocycles. The van der Waals surface area contributed by atoms with Crippen molar-refractivity contribution in [3.8, 4) is 0 Å². The fourth-order valence-electron chi connectivity index (χ4n) is 6.25. The lowest BCUT2D eigenvalue weighted by molar-refractivity contribution is 0.769. The number of anilines is 3. The highest BCUT2D eigenvalue weighted by Gasteiger charge is 2.21. The summed E-state index contributed by atoms with van der Waals surface area (Å²) in [5.74, 6) is 0. The van der Waals surface area contributed by atoms with Crippen LogP contribution in [0.25, 0.3) is 32.3 Å². The number of benzene rings is 6. The van der Waals surface area contributed by atoms with Crippen molar-refractivity contribution < 1.29 is 0 Å². The second-order valence-corrected chi connectivity index (χ2v) is 10.4. The van der Waals surface area contributed by atoms with Crippen LogP contribution in [0.2, 0.25) is 0 Å². The van der Waals surface area contributed by atoms with Crippen LogP contribution in [-0.4, -0.2) is 13.1 Å². The predicted octanol–water partition coefficient (Wildman–Crippen LogP) is 9.28. The highest BCUT2D eigenvalue weighted by atomic mass is 15.1. The molecular weight excluding hydrogens is 460 g/mol. The summed E-state index contributed by atoms with van der Waals surface area (Å²) in [4.78, 5) is 2.55. The molecule has 0 spiro atoms. The van der Waals surface area contributed by atoms with Crippen LogP contribution >= 0.6 is 0 Å². The zero-order chi connectivity index (χ0) is 25.3. The quantitative estimate of drug-likeness (QED) is 0.184. The molecule has 1 heterocycles. The van der Waals surface area contributed by atoms with Gasteiger partial charge in [-0.3, -0.25) is 0 Å². The van der Waals surface area contributed by atoms with Crippen molar-refractivity contribution in [2.75, 3.05) is 23.3 Å². The number of para-hydroxylation sites is 1. The van der Waals surface area contributed by atoms with Gasteiger partial charge in [-0.1, -0.05) is 97.1 Å². The van der Waals surface area contributed by atoms with Gasteiger partial charge in [-0.15, -0.1) is 0 Å². The summed E-state index contributed by atoms with van der Waals surface area (Å²) in [5, 5.41) is 11.7. The molecule has 0 unspecified atom stereocenters. The molecule has 6 aromatic carbocycles. The lowest BCUT2D eigenvalue weighted by Gasteiger charge is -2.32. The molecule has 6 aromatic rings. The Balaban J connectivity index is 1.34. The van der Waals surface area contributed by atoms with Gasteiger partial charge in [0.15, 0.2) is 0 Å². The molecule has 0 fully saturated rings. The van der Waals surface area contributed by atoms with Gasteiger partial charge in [-0.05, 0) is 76.6 Å². The van der Waals surface area contributed by atoms with E-state index in [1.54, 1.807) is 0 Å². The van der Waals surface area contributed by atoms with Crippen molar-refractivity contribution in [1.29, 1.82) is 0 Å². The Labute approximate surface area is 224 Å². The molecule has 0 bridgehead atoms. The minimum atomic E-state index is 0.949. The van der Waals surface area contributed by atoms with Gasteiger partial charge in [0, 0.05) is 40.9 Å². The maximum absolute atomic E-state index is 3.80. The van der Waals surface area contributed by atoms with Gasteiger partial charge >= 0.3 is 0 Å². The monoisotopic (exact) mass is 492 g/mol. The van der Waals surface area contributed by atoms with Crippen LogP contribution in [-0.2, 0) is 12.8 Å². The number of rotatable bonds is 6. The number of fused-ring (bicyclic) bond motifs is 6. The number of nitrogens with zero attached hydrogens (tertiary/aromatic N) is 1. The molecule has 0 radical (unpaired) electrons. The second-order valence-electron chi connectivity index (χ2n) is 10.4. The molecule has 0 saturated carbocycles. The minimum absolute atomic E-state index is 0.949. The van der Waals surface area contributed by atoms with Crippen LogP contribution in [0.15, 0.2) is 115 Å². The van der Waals surface area contributed by atoms with E-state index in [9.17, 15) is 0 Å². The van der Waals surface area contributed by atoms with E-state index in [2.05, 4.69) is 125 Å². The van der Waals surface area contributed by atoms with Crippen LogP contribution < -0.4 is 10.2 Å². The molecule has 0 saturated heterocycles. The topological polar surface area (TPSA) is 15.3 Å². The zero-order valence-corrected chi connectivity index (χ0v) is 21.7. The molecule has 7 rings (SSSR count). The van der Waals surface area contributed by atoms with E-state index in [0.717, 1.165) is 32.4 Å². The first-order valence-corrected chi connectivity index (χ1v) is 13.9. The van der Waals surface area contributed by atoms with Crippen LogP contribution in [0.1, 0.15) is 24.0 Å². The van der Waals surface area contributed by atoms with Gasteiger partial charge in [0.25, 0.3) is 0 Å². The normalized spacial score (nSPS) is 13.2. The Bertz CT molecular complexity index is 1750. The fourth-order valence-corrected chi connectivity index (χ4v) is 6.25. The summed E-state index contributed by atoms with van der Waals surface area (Å²) < 4.78 is 0. The Hall–Kier alpha value is -4.30. The molecule has 1 aliphatic heterocycles. The van der Waals surface area contributed by atoms with Crippen molar-refractivity contribution in [2.45, 2.75) is 25.7 Å². The molecule has 0 aliphatic carbocycles. The average molecular weight is 493 g/mol. The van der Waals surface area contributed by atoms with Crippen molar-refractivity contribution in [3.63, 3.8) is 0 Å². The standard InChI is InChI=1S/C36H32N2/c1-2-12-26(13-3-1)14-10-22-37-34-24-32-29-18-6-8-20-31(29)36(25-33(32)28-17-5-7-19-30(28)34)38-23-11-16-27-15-4-9-21-35(27)38/h1-9,12-13,15,17-21,24-25,37H,10-11,14,16,22-23H2. The lowest BCUT2D eigenvalue weighted by atomic mass is 9.93. The van der Waals surface area contributed by atoms with Crippen molar-refractivity contribution in [1.82, 2.24) is 0 Å². The first-order chi connectivity index (χ1) is 18.9. The van der Waals surface area contributed by atoms with Gasteiger partial charge < -0.3 is 10.2 Å². The fraction of sp³-hybridized carbons (Fsp3) is 0.167. The first kappa shape index (κ1) is 22.9. The van der Waals surface area contributed by atoms with Crippen molar-refractivity contribution >= 4 is 49.4 Å². The molecule has 1 N–H and O–H groups in total. The van der Waals surface area contributed by atoms with Gasteiger partial charge in [-0.2, -0.15) is 0 Å². The highest BCUT2D eigenvalue weighted by molar-refractivity contribution is 6.23. The lowest BCUT2D eigenvalue weighted by Crippen LogP contribution is -2.24. The smallest absolute Gasteiger partial charge is 0.0497 e. The maximum Gasteiger partial charge on any atom is 0.0497 e. The van der Waals surface area contributed by atoms with Gasteiger partial charge in [0.05, 0.1) is 0 Å². The van der Waals surface area contributed by atoms with Crippen molar-refractivity contribution in [2.24, 2.45) is 0 Å². The van der Waals surface area contributed by atoms with Gasteiger partial charge in [0.1, 0.15) is 0 Å². The number of hydrogen-bond donors (Lipinski definition) is 1. The highest BCUT2D eigenvalue weighted by Crippen LogP contribution is 2.43. The maximum atomic E-state index is 3.80. The van der Waals surface area contributed by atoms with Gasteiger partial charge in [-0.25, -0.2) is 0 Å². The summed E-state index contributed by atoms with van der Waals surface area (Å²) in [7, 11) is 0. The predicted molar refractivity (Wildman–Crippen MR) is 164 cm³/mol. The Kier molecular flexibility index (Phi) is 5.94. The summed E-state index contributed by atoms with van der Waals surface area (Å²) in [6, 6.07) is 42.4. The van der Waals surface area contributed by atoms with E-state index in [-0.39, 0.29) is 0 Å². The number of nitrogens with one attached hydrogen (secondary N) is 1. The summed E-state index contributed by atoms with van der Waals surface area (Å²) in [6.45, 7) is 2.00. The van der Waals surface area contributed by atoms with Crippen molar-refractivity contribution in [3.05, 3.63) is 126 Å². The molecule has 38 heavy (non-hydrogen) atoms. The van der Waals surface area contributed by atoms with E-state index in [1.165, 1.54) is 66.9 Å². The summed E-state index contributed by atoms with van der Waals surface area (Å²) >= 11 is 0. The van der Waals surface area contributed by atoms with Gasteiger partial charge in [0.2, 0.25) is 0 Å². The second kappa shape index (κ2) is 9.87. The SMILES string of the molecule is c1ccc(CCCNc2cc3c4ccccc4c(N4CCCc5ccccc54)cc3c3ccccc23)cc1. The first-order valence-electron chi connectivity index (χ1n) is 13.9. The largest absolute Gasteiger partial charge is 0.385 e. The van der Waals surface area contributed by atoms with Crippen LogP contribution in [0, 0.1) is 0 Å². The van der Waals surface area contributed by atoms with E-state index in [4.69, 9.17) is 0 Å². The number of hydrogen-bond acceptors (Lipinski definition) is 2. The third-order valence-corrected chi connectivity index (χ3v) is 8.06. The van der Waals surface area contributed by atoms with Crippen LogP contribution in [0.4, 0.5) is 17.1 Å². The average Bonchev–Trinajstić information content (AvgIpc) is 2.99. The molecule has 0 atom stereocenters. The third-order valence-electron chi connectivity index (χ3n) is 8.06. The Morgan fingerprint density at radius 1 is 0.579 bits per heavy atom. The van der Waals surface area contributed by atoms with Crippen LogP contribution in [0.5, 0.6) is 0 Å². The number of aryl methyl sites for hydroxylation is 2. The van der Waals surface area contributed by atoms with E-state index < -0.39 is 0 Å². The molecular formula is C36H32N2. The summed E-state index contributed by atoms with van der Waals surface area (Å²) in [5.41, 5.74) is 6.74. The molecule has 2 heteroatoms. The zero-order valence-electron chi connectivity index (χ0n) is 21.7. The summed E-state index contributed by atoms with van der Waals surface area (Å²) in [6.07, 6.45) is 4.52. The molecule has 2 nitrogen and oxygen atoms in total. The molecule has 186 valence electrons. The minimum Gasteiger partial charge on any atom is -0.385 e. The van der Waals surface area contributed by atoms with E-state index in [1.807, 2.05) is 0 Å². The Morgan fingerprint density at radius 2 is 1.24 bits per heavy atom.